The number of aromatic nitrogens is 1. The molecule has 1 saturated carbocycles. The molecule has 2 amide bonds. The van der Waals surface area contributed by atoms with Crippen LogP contribution in [0.4, 0.5) is 5.69 Å². The van der Waals surface area contributed by atoms with Gasteiger partial charge in [-0.15, -0.1) is 11.3 Å². The van der Waals surface area contributed by atoms with E-state index in [1.54, 1.807) is 10.4 Å². The topological polar surface area (TPSA) is 124 Å². The number of nitrogens with one attached hydrogen (secondary N) is 1. The Morgan fingerprint density at radius 3 is 2.59 bits per heavy atom. The molecule has 2 aliphatic rings. The number of likely N-dealkylation sites (tertiary alicyclic amines) is 1. The predicted octanol–water partition coefficient (Wildman–Crippen LogP) is 2.77. The first-order valence-corrected chi connectivity index (χ1v) is 11.4. The molecule has 2 fully saturated rings. The molecule has 4 rings (SSSR count). The molecule has 32 heavy (non-hydrogen) atoms. The molecule has 0 bridgehead atoms. The van der Waals surface area contributed by atoms with Gasteiger partial charge in [0.2, 0.25) is 5.91 Å². The van der Waals surface area contributed by atoms with E-state index in [-0.39, 0.29) is 41.2 Å². The maximum atomic E-state index is 13.1. The lowest BCUT2D eigenvalue weighted by Gasteiger charge is -2.31. The van der Waals surface area contributed by atoms with Crippen LogP contribution < -0.4 is 14.8 Å². The van der Waals surface area contributed by atoms with Crippen LogP contribution in [0, 0.1) is 16.0 Å². The van der Waals surface area contributed by atoms with Crippen molar-refractivity contribution < 1.29 is 24.0 Å². The molecule has 2 aromatic rings. The van der Waals surface area contributed by atoms with Gasteiger partial charge >= 0.3 is 0 Å². The van der Waals surface area contributed by atoms with Gasteiger partial charge in [0.25, 0.3) is 11.6 Å². The van der Waals surface area contributed by atoms with Gasteiger partial charge in [-0.05, 0) is 25.7 Å². The summed E-state index contributed by atoms with van der Waals surface area (Å²) in [6, 6.07) is 2.87. The van der Waals surface area contributed by atoms with Crippen LogP contribution >= 0.6 is 11.3 Å². The second-order valence-corrected chi connectivity index (χ2v) is 8.61. The van der Waals surface area contributed by atoms with Gasteiger partial charge in [-0.25, -0.2) is 4.98 Å². The van der Waals surface area contributed by atoms with Crippen molar-refractivity contribution in [1.29, 1.82) is 0 Å². The van der Waals surface area contributed by atoms with Crippen molar-refractivity contribution in [2.45, 2.75) is 38.3 Å². The Labute approximate surface area is 188 Å². The second kappa shape index (κ2) is 9.51. The molecule has 1 N–H and O–H groups in total. The summed E-state index contributed by atoms with van der Waals surface area (Å²) in [5, 5.41) is 16.5. The Kier molecular flexibility index (Phi) is 6.54. The fourth-order valence-corrected chi connectivity index (χ4v) is 4.21. The molecular formula is C21H24N4O6S. The maximum Gasteiger partial charge on any atom is 0.286 e. The Morgan fingerprint density at radius 1 is 1.25 bits per heavy atom. The highest BCUT2D eigenvalue weighted by atomic mass is 32.1. The number of nitro groups is 1. The van der Waals surface area contributed by atoms with Crippen LogP contribution in [0.15, 0.2) is 23.0 Å². The smallest absolute Gasteiger partial charge is 0.286 e. The molecule has 170 valence electrons. The van der Waals surface area contributed by atoms with Crippen LogP contribution in [0.2, 0.25) is 0 Å². The lowest BCUT2D eigenvalue weighted by Crippen LogP contribution is -2.43. The largest absolute Gasteiger partial charge is 0.493 e. The number of hydrogen-bond donors (Lipinski definition) is 1. The highest BCUT2D eigenvalue weighted by Gasteiger charge is 2.34. The molecule has 1 aliphatic carbocycles. The third-order valence-electron chi connectivity index (χ3n) is 5.64. The van der Waals surface area contributed by atoms with Gasteiger partial charge in [-0.3, -0.25) is 19.7 Å². The quantitative estimate of drug-likeness (QED) is 0.474. The van der Waals surface area contributed by atoms with Crippen LogP contribution in [0.3, 0.4) is 0 Å². The molecule has 1 aliphatic heterocycles. The summed E-state index contributed by atoms with van der Waals surface area (Å²) >= 11 is 1.42. The summed E-state index contributed by atoms with van der Waals surface area (Å²) in [5.74, 6) is -0.159. The number of rotatable bonds is 8. The summed E-state index contributed by atoms with van der Waals surface area (Å²) in [7, 11) is 1.41. The van der Waals surface area contributed by atoms with Gasteiger partial charge in [0, 0.05) is 36.5 Å². The number of piperidine rings is 1. The molecule has 1 aromatic carbocycles. The fraction of sp³-hybridized carbons (Fsp3) is 0.476. The monoisotopic (exact) mass is 460 g/mol. The van der Waals surface area contributed by atoms with E-state index in [9.17, 15) is 19.7 Å². The number of carbonyl (C=O) groups is 2. The molecule has 1 aromatic heterocycles. The summed E-state index contributed by atoms with van der Waals surface area (Å²) in [6.45, 7) is 0.854. The van der Waals surface area contributed by atoms with E-state index in [1.165, 1.54) is 30.6 Å². The van der Waals surface area contributed by atoms with E-state index in [0.29, 0.717) is 37.7 Å². The lowest BCUT2D eigenvalue weighted by atomic mass is 9.95. The second-order valence-electron chi connectivity index (χ2n) is 7.90. The Hall–Kier alpha value is -3.21. The summed E-state index contributed by atoms with van der Waals surface area (Å²) < 4.78 is 11.0. The van der Waals surface area contributed by atoms with Crippen molar-refractivity contribution in [2.24, 2.45) is 5.92 Å². The van der Waals surface area contributed by atoms with E-state index in [0.717, 1.165) is 12.8 Å². The molecule has 0 spiro atoms. The van der Waals surface area contributed by atoms with Crippen molar-refractivity contribution in [3.8, 4) is 11.5 Å². The van der Waals surface area contributed by atoms with Crippen LogP contribution in [0.25, 0.3) is 0 Å². The number of nitro benzene ring substituents is 1. The SMILES string of the molecule is COc1cc(C(=O)N2CCC(C(=O)NC3CC3)CC2)c([N+](=O)[O-])cc1OCc1cscn1. The van der Waals surface area contributed by atoms with Gasteiger partial charge in [-0.2, -0.15) is 0 Å². The van der Waals surface area contributed by atoms with Crippen LogP contribution in [0.5, 0.6) is 11.5 Å². The van der Waals surface area contributed by atoms with Crippen molar-refractivity contribution in [2.75, 3.05) is 20.2 Å². The van der Waals surface area contributed by atoms with Gasteiger partial charge in [0.05, 0.1) is 29.3 Å². The first-order valence-electron chi connectivity index (χ1n) is 10.4. The van der Waals surface area contributed by atoms with Gasteiger partial charge in [-0.1, -0.05) is 0 Å². The standard InChI is InChI=1S/C21H24N4O6S/c1-30-18-8-16(17(25(28)29)9-19(18)31-10-15-11-32-12-22-15)21(27)24-6-4-13(5-7-24)20(26)23-14-2-3-14/h8-9,11-14H,2-7,10H2,1H3,(H,23,26). The van der Waals surface area contributed by atoms with Crippen molar-refractivity contribution >= 4 is 28.8 Å². The van der Waals surface area contributed by atoms with Crippen molar-refractivity contribution in [1.82, 2.24) is 15.2 Å². The van der Waals surface area contributed by atoms with Gasteiger partial charge in [0.1, 0.15) is 12.2 Å². The molecule has 0 unspecified atom stereocenters. The highest BCUT2D eigenvalue weighted by molar-refractivity contribution is 7.07. The normalized spacial score (nSPS) is 16.5. The molecule has 0 atom stereocenters. The van der Waals surface area contributed by atoms with E-state index >= 15 is 0 Å². The fourth-order valence-electron chi connectivity index (χ4n) is 3.67. The third kappa shape index (κ3) is 4.98. The molecule has 1 saturated heterocycles. The molecule has 0 radical (unpaired) electrons. The van der Waals surface area contributed by atoms with E-state index in [4.69, 9.17) is 9.47 Å². The maximum absolute atomic E-state index is 13.1. The molecule has 10 nitrogen and oxygen atoms in total. The zero-order valence-corrected chi connectivity index (χ0v) is 18.4. The van der Waals surface area contributed by atoms with Crippen LogP contribution in [0.1, 0.15) is 41.7 Å². The highest BCUT2D eigenvalue weighted by Crippen LogP contribution is 2.36. The predicted molar refractivity (Wildman–Crippen MR) is 116 cm³/mol. The summed E-state index contributed by atoms with van der Waals surface area (Å²) in [5.41, 5.74) is 1.94. The Balaban J connectivity index is 1.48. The number of thiazole rings is 1. The van der Waals surface area contributed by atoms with E-state index in [2.05, 4.69) is 10.3 Å². The molecule has 2 heterocycles. The first-order chi connectivity index (χ1) is 15.5. The van der Waals surface area contributed by atoms with Crippen LogP contribution in [-0.2, 0) is 11.4 Å². The third-order valence-corrected chi connectivity index (χ3v) is 6.28. The minimum absolute atomic E-state index is 0.0360. The molecule has 11 heteroatoms. The number of carbonyl (C=O) groups excluding carboxylic acids is 2. The molecular weight excluding hydrogens is 436 g/mol. The summed E-state index contributed by atoms with van der Waals surface area (Å²) in [6.07, 6.45) is 3.12. The van der Waals surface area contributed by atoms with E-state index < -0.39 is 10.8 Å². The summed E-state index contributed by atoms with van der Waals surface area (Å²) in [4.78, 5) is 42.2. The average molecular weight is 461 g/mol. The zero-order valence-electron chi connectivity index (χ0n) is 17.6. The first kappa shape index (κ1) is 22.0. The number of nitrogens with zero attached hydrogens (tertiary/aromatic N) is 3. The van der Waals surface area contributed by atoms with Crippen molar-refractivity contribution in [3.05, 3.63) is 44.4 Å². The van der Waals surface area contributed by atoms with Gasteiger partial charge in [0.15, 0.2) is 11.5 Å². The van der Waals surface area contributed by atoms with E-state index in [1.807, 2.05) is 5.38 Å². The number of benzene rings is 1. The Bertz CT molecular complexity index is 1000. The van der Waals surface area contributed by atoms with Crippen LogP contribution in [-0.4, -0.2) is 52.9 Å². The lowest BCUT2D eigenvalue weighted by molar-refractivity contribution is -0.385. The number of ether oxygens (including phenoxy) is 2. The number of amides is 2. The Morgan fingerprint density at radius 2 is 2.00 bits per heavy atom. The number of methoxy groups -OCH3 is 1. The average Bonchev–Trinajstić information content (AvgIpc) is 3.46. The van der Waals surface area contributed by atoms with Crippen molar-refractivity contribution in [3.63, 3.8) is 0 Å². The van der Waals surface area contributed by atoms with Gasteiger partial charge < -0.3 is 19.7 Å². The minimum atomic E-state index is -0.599. The zero-order chi connectivity index (χ0) is 22.7. The number of hydrogen-bond acceptors (Lipinski definition) is 8. The minimum Gasteiger partial charge on any atom is -0.493 e.